The number of hydrogen-bond acceptors (Lipinski definition) is 6. The van der Waals surface area contributed by atoms with Crippen molar-refractivity contribution in [1.82, 2.24) is 15.5 Å². The second-order valence-corrected chi connectivity index (χ2v) is 10.7. The average molecular weight is 501 g/mol. The molecule has 4 N–H and O–H groups in total. The van der Waals surface area contributed by atoms with Crippen LogP contribution in [0, 0.1) is 0 Å². The summed E-state index contributed by atoms with van der Waals surface area (Å²) < 4.78 is 12.2. The third-order valence-electron chi connectivity index (χ3n) is 8.06. The van der Waals surface area contributed by atoms with Gasteiger partial charge in [-0.2, -0.15) is 0 Å². The second-order valence-electron chi connectivity index (χ2n) is 10.7. The lowest BCUT2D eigenvalue weighted by atomic mass is 9.84. The van der Waals surface area contributed by atoms with E-state index in [-0.39, 0.29) is 49.1 Å². The van der Waals surface area contributed by atoms with E-state index in [0.29, 0.717) is 18.7 Å². The number of amides is 3. The zero-order valence-corrected chi connectivity index (χ0v) is 21.0. The molecule has 3 heterocycles. The van der Waals surface area contributed by atoms with Crippen LogP contribution in [0.1, 0.15) is 69.3 Å². The van der Waals surface area contributed by atoms with Gasteiger partial charge in [0.1, 0.15) is 18.0 Å². The SMILES string of the molecule is O=C(C[C@@H]1C[C@H]2c3cc(NC(=O)NC4CCCC4)ccc3O[C@H]2[C@H](CO)O1)NCCN1CCCCC1. The maximum Gasteiger partial charge on any atom is 0.319 e. The molecule has 1 aliphatic carbocycles. The molecular weight excluding hydrogens is 460 g/mol. The van der Waals surface area contributed by atoms with Crippen LogP contribution in [0.25, 0.3) is 0 Å². The Balaban J connectivity index is 1.17. The number of hydrogen-bond donors (Lipinski definition) is 4. The number of fused-ring (bicyclic) bond motifs is 3. The van der Waals surface area contributed by atoms with Crippen molar-refractivity contribution in [3.8, 4) is 5.75 Å². The molecule has 9 heteroatoms. The first-order chi connectivity index (χ1) is 17.6. The van der Waals surface area contributed by atoms with Gasteiger partial charge in [0.2, 0.25) is 5.91 Å². The minimum atomic E-state index is -0.496. The number of nitrogens with zero attached hydrogens (tertiary/aromatic N) is 1. The molecular formula is C27H40N4O5. The first kappa shape index (κ1) is 25.3. The maximum atomic E-state index is 12.6. The Labute approximate surface area is 213 Å². The van der Waals surface area contributed by atoms with E-state index in [1.54, 1.807) is 0 Å². The molecule has 3 aliphatic heterocycles. The average Bonchev–Trinajstić information content (AvgIpc) is 3.52. The van der Waals surface area contributed by atoms with E-state index in [0.717, 1.165) is 56.6 Å². The van der Waals surface area contributed by atoms with Crippen LogP contribution in [-0.2, 0) is 9.53 Å². The van der Waals surface area contributed by atoms with Gasteiger partial charge in [-0.1, -0.05) is 19.3 Å². The molecule has 4 aliphatic rings. The smallest absolute Gasteiger partial charge is 0.319 e. The zero-order chi connectivity index (χ0) is 24.9. The molecule has 0 aromatic heterocycles. The van der Waals surface area contributed by atoms with E-state index in [9.17, 15) is 14.7 Å². The minimum Gasteiger partial charge on any atom is -0.487 e. The molecule has 0 unspecified atom stereocenters. The van der Waals surface area contributed by atoms with Gasteiger partial charge < -0.3 is 35.4 Å². The van der Waals surface area contributed by atoms with Crippen LogP contribution in [0.5, 0.6) is 5.75 Å². The molecule has 1 aromatic rings. The molecule has 198 valence electrons. The minimum absolute atomic E-state index is 0.00306. The fourth-order valence-electron chi connectivity index (χ4n) is 6.21. The topological polar surface area (TPSA) is 112 Å². The number of urea groups is 1. The first-order valence-electron chi connectivity index (χ1n) is 13.7. The highest BCUT2D eigenvalue weighted by Crippen LogP contribution is 2.47. The Kier molecular flexibility index (Phi) is 8.29. The summed E-state index contributed by atoms with van der Waals surface area (Å²) in [5, 5.41) is 19.0. The number of anilines is 1. The number of likely N-dealkylation sites (tertiary alicyclic amines) is 1. The van der Waals surface area contributed by atoms with E-state index >= 15 is 0 Å². The fraction of sp³-hybridized carbons (Fsp3) is 0.704. The van der Waals surface area contributed by atoms with E-state index in [1.165, 1.54) is 19.3 Å². The monoisotopic (exact) mass is 500 g/mol. The lowest BCUT2D eigenvalue weighted by molar-refractivity contribution is -0.142. The summed E-state index contributed by atoms with van der Waals surface area (Å²) in [4.78, 5) is 27.5. The molecule has 3 amide bonds. The Morgan fingerprint density at radius 1 is 1.08 bits per heavy atom. The van der Waals surface area contributed by atoms with Crippen molar-refractivity contribution >= 4 is 17.6 Å². The zero-order valence-electron chi connectivity index (χ0n) is 21.0. The summed E-state index contributed by atoms with van der Waals surface area (Å²) in [6, 6.07) is 5.74. The largest absolute Gasteiger partial charge is 0.487 e. The Hall–Kier alpha value is -2.36. The molecule has 36 heavy (non-hydrogen) atoms. The van der Waals surface area contributed by atoms with Crippen LogP contribution in [0.3, 0.4) is 0 Å². The fourth-order valence-corrected chi connectivity index (χ4v) is 6.21. The molecule has 5 rings (SSSR count). The number of ether oxygens (including phenoxy) is 2. The highest BCUT2D eigenvalue weighted by atomic mass is 16.6. The van der Waals surface area contributed by atoms with Crippen molar-refractivity contribution < 1.29 is 24.2 Å². The van der Waals surface area contributed by atoms with Gasteiger partial charge in [-0.05, 0) is 63.4 Å². The van der Waals surface area contributed by atoms with Crippen molar-refractivity contribution in [2.24, 2.45) is 0 Å². The lowest BCUT2D eigenvalue weighted by Gasteiger charge is -2.37. The normalized spacial score (nSPS) is 28.1. The standard InChI is InChI=1S/C27H40N4O5/c32-17-24-26-22(15-20(35-24)16-25(33)28-10-13-31-11-4-1-5-12-31)21-14-19(8-9-23(21)36-26)30-27(34)29-18-6-2-3-7-18/h8-9,14,18,20,22,24,26,32H,1-7,10-13,15-17H2,(H,28,33)(H2,29,30,34)/t20-,22-,24-,26+/m0/s1. The molecule has 9 nitrogen and oxygen atoms in total. The number of nitrogens with one attached hydrogen (secondary N) is 3. The van der Waals surface area contributed by atoms with Crippen molar-refractivity contribution in [2.45, 2.75) is 88.1 Å². The molecule has 0 bridgehead atoms. The van der Waals surface area contributed by atoms with Crippen LogP contribution in [0.2, 0.25) is 0 Å². The van der Waals surface area contributed by atoms with Gasteiger partial charge in [0.05, 0.1) is 19.1 Å². The quantitative estimate of drug-likeness (QED) is 0.437. The summed E-state index contributed by atoms with van der Waals surface area (Å²) in [5.41, 5.74) is 1.71. The van der Waals surface area contributed by atoms with E-state index in [4.69, 9.17) is 9.47 Å². The van der Waals surface area contributed by atoms with Crippen molar-refractivity contribution in [3.05, 3.63) is 23.8 Å². The molecule has 3 fully saturated rings. The molecule has 1 saturated carbocycles. The van der Waals surface area contributed by atoms with Crippen LogP contribution in [0.4, 0.5) is 10.5 Å². The Bertz CT molecular complexity index is 915. The summed E-state index contributed by atoms with van der Waals surface area (Å²) >= 11 is 0. The van der Waals surface area contributed by atoms with Crippen LogP contribution < -0.4 is 20.7 Å². The van der Waals surface area contributed by atoms with Gasteiger partial charge >= 0.3 is 6.03 Å². The number of aliphatic hydroxyl groups excluding tert-OH is 1. The van der Waals surface area contributed by atoms with Gasteiger partial charge in [0.25, 0.3) is 0 Å². The third-order valence-corrected chi connectivity index (χ3v) is 8.06. The van der Waals surface area contributed by atoms with E-state index in [2.05, 4.69) is 20.9 Å². The number of carbonyl (C=O) groups is 2. The second kappa shape index (κ2) is 11.8. The molecule has 0 spiro atoms. The Morgan fingerprint density at radius 3 is 2.67 bits per heavy atom. The Morgan fingerprint density at radius 2 is 1.89 bits per heavy atom. The third kappa shape index (κ3) is 6.12. The van der Waals surface area contributed by atoms with Crippen LogP contribution >= 0.6 is 0 Å². The predicted octanol–water partition coefficient (Wildman–Crippen LogP) is 2.74. The number of carbonyl (C=O) groups excluding carboxylic acids is 2. The van der Waals surface area contributed by atoms with E-state index in [1.807, 2.05) is 18.2 Å². The first-order valence-corrected chi connectivity index (χ1v) is 13.7. The summed E-state index contributed by atoms with van der Waals surface area (Å²) in [6.07, 6.45) is 7.96. The van der Waals surface area contributed by atoms with Gasteiger partial charge in [0.15, 0.2) is 0 Å². The summed E-state index contributed by atoms with van der Waals surface area (Å²) in [6.45, 7) is 3.58. The van der Waals surface area contributed by atoms with E-state index < -0.39 is 6.10 Å². The lowest BCUT2D eigenvalue weighted by Crippen LogP contribution is -2.47. The number of aliphatic hydroxyl groups is 1. The molecule has 4 atom stereocenters. The predicted molar refractivity (Wildman–Crippen MR) is 136 cm³/mol. The summed E-state index contributed by atoms with van der Waals surface area (Å²) in [5.74, 6) is 0.724. The van der Waals surface area contributed by atoms with Crippen LogP contribution in [0.15, 0.2) is 18.2 Å². The molecule has 0 radical (unpaired) electrons. The molecule has 1 aromatic carbocycles. The van der Waals surface area contributed by atoms with Crippen molar-refractivity contribution in [3.63, 3.8) is 0 Å². The number of piperidine rings is 1. The highest BCUT2D eigenvalue weighted by Gasteiger charge is 2.46. The van der Waals surface area contributed by atoms with Gasteiger partial charge in [-0.15, -0.1) is 0 Å². The van der Waals surface area contributed by atoms with Crippen molar-refractivity contribution in [2.75, 3.05) is 38.1 Å². The van der Waals surface area contributed by atoms with Gasteiger partial charge in [-0.3, -0.25) is 4.79 Å². The van der Waals surface area contributed by atoms with Gasteiger partial charge in [-0.25, -0.2) is 4.79 Å². The number of benzene rings is 1. The van der Waals surface area contributed by atoms with Crippen molar-refractivity contribution in [1.29, 1.82) is 0 Å². The summed E-state index contributed by atoms with van der Waals surface area (Å²) in [7, 11) is 0. The highest BCUT2D eigenvalue weighted by molar-refractivity contribution is 5.89. The van der Waals surface area contributed by atoms with Crippen LogP contribution in [-0.4, -0.2) is 79.1 Å². The number of rotatable bonds is 8. The molecule has 2 saturated heterocycles. The maximum absolute atomic E-state index is 12.6. The van der Waals surface area contributed by atoms with Gasteiger partial charge in [0, 0.05) is 36.3 Å².